The van der Waals surface area contributed by atoms with Gasteiger partial charge in [0, 0.05) is 11.2 Å². The van der Waals surface area contributed by atoms with Crippen LogP contribution in [0, 0.1) is 0 Å². The highest BCUT2D eigenvalue weighted by Crippen LogP contribution is 2.26. The molecule has 17 heavy (non-hydrogen) atoms. The van der Waals surface area contributed by atoms with Crippen LogP contribution in [-0.2, 0) is 4.74 Å². The van der Waals surface area contributed by atoms with E-state index < -0.39 is 11.7 Å². The Labute approximate surface area is 106 Å². The molecule has 0 amide bonds. The zero-order chi connectivity index (χ0) is 12.8. The first kappa shape index (κ1) is 13.9. The van der Waals surface area contributed by atoms with Crippen LogP contribution in [0.1, 0.15) is 10.4 Å². The van der Waals surface area contributed by atoms with E-state index in [-0.39, 0.29) is 34.0 Å². The summed E-state index contributed by atoms with van der Waals surface area (Å²) in [6, 6.07) is 2.82. The molecule has 0 atom stereocenters. The van der Waals surface area contributed by atoms with Gasteiger partial charge < -0.3 is 4.74 Å². The van der Waals surface area contributed by atoms with Crippen molar-refractivity contribution in [3.63, 3.8) is 0 Å². The number of aromatic nitrogens is 1. The Balaban J connectivity index is 2.81. The third-order valence-electron chi connectivity index (χ3n) is 1.55. The maximum atomic E-state index is 12.2. The van der Waals surface area contributed by atoms with Crippen molar-refractivity contribution in [1.82, 2.24) is 4.98 Å². The number of pyridine rings is 1. The van der Waals surface area contributed by atoms with Crippen molar-refractivity contribution in [1.29, 1.82) is 0 Å². The Bertz CT molecular complexity index is 429. The van der Waals surface area contributed by atoms with Crippen molar-refractivity contribution in [2.24, 2.45) is 0 Å². The normalized spacial score (nSPS) is 10.4. The molecule has 0 aliphatic rings. The summed E-state index contributed by atoms with van der Waals surface area (Å²) in [6.07, 6.45) is 1.32. The first-order valence-electron chi connectivity index (χ1n) is 4.41. The second-order valence-corrected chi connectivity index (χ2v) is 4.34. The van der Waals surface area contributed by atoms with Crippen molar-refractivity contribution in [2.75, 3.05) is 6.61 Å². The topological polar surface area (TPSA) is 39.2 Å². The van der Waals surface area contributed by atoms with Crippen LogP contribution >= 0.6 is 23.4 Å². The van der Waals surface area contributed by atoms with E-state index in [1.807, 2.05) is 0 Å². The van der Waals surface area contributed by atoms with Crippen LogP contribution in [0.5, 0.6) is 0 Å². The number of thioether (sulfide) groups is 1. The van der Waals surface area contributed by atoms with Crippen molar-refractivity contribution >= 4 is 29.3 Å². The van der Waals surface area contributed by atoms with E-state index in [4.69, 9.17) is 16.3 Å². The lowest BCUT2D eigenvalue weighted by Gasteiger charge is -2.07. The molecule has 3 nitrogen and oxygen atoms in total. The molecule has 1 rings (SSSR count). The third kappa shape index (κ3) is 4.70. The van der Waals surface area contributed by atoms with Gasteiger partial charge in [-0.05, 0) is 23.9 Å². The molecular formula is C10H8ClF2NO2S. The smallest absolute Gasteiger partial charge is 0.341 e. The van der Waals surface area contributed by atoms with Crippen LogP contribution in [-0.4, -0.2) is 23.3 Å². The maximum absolute atomic E-state index is 12.2. The summed E-state index contributed by atoms with van der Waals surface area (Å²) >= 11 is 5.61. The van der Waals surface area contributed by atoms with Crippen LogP contribution < -0.4 is 0 Å². The molecule has 1 aromatic rings. The number of rotatable bonds is 5. The Kier molecular flexibility index (Phi) is 5.37. The summed E-state index contributed by atoms with van der Waals surface area (Å²) < 4.78 is 29.2. The van der Waals surface area contributed by atoms with E-state index >= 15 is 0 Å². The molecule has 0 aliphatic carbocycles. The monoisotopic (exact) mass is 279 g/mol. The van der Waals surface area contributed by atoms with E-state index in [1.165, 1.54) is 18.3 Å². The molecule has 0 bridgehead atoms. The summed E-state index contributed by atoms with van der Waals surface area (Å²) in [5, 5.41) is 0.0676. The molecular weight excluding hydrogens is 272 g/mol. The predicted molar refractivity (Wildman–Crippen MR) is 61.4 cm³/mol. The van der Waals surface area contributed by atoms with Gasteiger partial charge >= 0.3 is 5.97 Å². The Morgan fingerprint density at radius 2 is 2.35 bits per heavy atom. The molecule has 0 N–H and O–H groups in total. The average molecular weight is 280 g/mol. The van der Waals surface area contributed by atoms with E-state index in [0.29, 0.717) is 0 Å². The molecule has 0 unspecified atom stereocenters. The summed E-state index contributed by atoms with van der Waals surface area (Å²) in [4.78, 5) is 15.2. The second kappa shape index (κ2) is 6.56. The first-order chi connectivity index (χ1) is 8.00. The molecule has 1 heterocycles. The predicted octanol–water partition coefficient (Wildman–Crippen LogP) is 3.31. The van der Waals surface area contributed by atoms with Gasteiger partial charge in [0.1, 0.15) is 11.6 Å². The number of nitrogens with zero attached hydrogens (tertiary/aromatic N) is 1. The van der Waals surface area contributed by atoms with E-state index in [0.717, 1.165) is 0 Å². The fraction of sp³-hybridized carbons (Fsp3) is 0.200. The lowest BCUT2D eigenvalue weighted by Crippen LogP contribution is -2.09. The van der Waals surface area contributed by atoms with Gasteiger partial charge in [0.2, 0.25) is 0 Å². The molecule has 1 aromatic heterocycles. The molecule has 0 aliphatic heterocycles. The van der Waals surface area contributed by atoms with Gasteiger partial charge in [0.25, 0.3) is 5.76 Å². The zero-order valence-corrected chi connectivity index (χ0v) is 10.1. The van der Waals surface area contributed by atoms with Gasteiger partial charge in [-0.15, -0.1) is 0 Å². The molecule has 0 radical (unpaired) electrons. The average Bonchev–Trinajstić information content (AvgIpc) is 2.25. The van der Waals surface area contributed by atoms with E-state index in [2.05, 4.69) is 11.6 Å². The molecule has 0 saturated carbocycles. The Hall–Kier alpha value is -1.14. The summed E-state index contributed by atoms with van der Waals surface area (Å²) in [7, 11) is 0. The maximum Gasteiger partial charge on any atom is 0.341 e. The number of hydrogen-bond acceptors (Lipinski definition) is 4. The van der Waals surface area contributed by atoms with Gasteiger partial charge in [0.05, 0.1) is 5.56 Å². The minimum absolute atomic E-state index is 0.0179. The quantitative estimate of drug-likeness (QED) is 0.612. The van der Waals surface area contributed by atoms with Gasteiger partial charge in [0.15, 0.2) is 0 Å². The number of halogens is 3. The lowest BCUT2D eigenvalue weighted by molar-refractivity contribution is 0.0541. The zero-order valence-electron chi connectivity index (χ0n) is 8.53. The number of alkyl halides is 2. The van der Waals surface area contributed by atoms with E-state index in [1.54, 1.807) is 0 Å². The van der Waals surface area contributed by atoms with Gasteiger partial charge in [-0.3, -0.25) is 0 Å². The highest BCUT2D eigenvalue weighted by atomic mass is 35.5. The van der Waals surface area contributed by atoms with E-state index in [9.17, 15) is 13.6 Å². The summed E-state index contributed by atoms with van der Waals surface area (Å²) in [5.41, 5.74) is -0.0179. The van der Waals surface area contributed by atoms with Crippen molar-refractivity contribution in [3.8, 4) is 0 Å². The molecule has 0 aromatic carbocycles. The molecule has 0 fully saturated rings. The molecule has 0 saturated heterocycles. The number of carbonyl (C=O) groups excluding carboxylic acids is 1. The number of carbonyl (C=O) groups is 1. The fourth-order valence-electron chi connectivity index (χ4n) is 0.946. The highest BCUT2D eigenvalue weighted by Gasteiger charge is 2.17. The lowest BCUT2D eigenvalue weighted by atomic mass is 10.3. The van der Waals surface area contributed by atoms with Crippen LogP contribution in [0.25, 0.3) is 0 Å². The van der Waals surface area contributed by atoms with Crippen molar-refractivity contribution < 1.29 is 18.3 Å². The first-order valence-corrected chi connectivity index (χ1v) is 5.66. The Morgan fingerprint density at radius 3 is 2.94 bits per heavy atom. The summed E-state index contributed by atoms with van der Waals surface area (Å²) in [5.74, 6) is -3.41. The molecule has 0 spiro atoms. The highest BCUT2D eigenvalue weighted by molar-refractivity contribution is 7.99. The van der Waals surface area contributed by atoms with Crippen LogP contribution in [0.15, 0.2) is 35.0 Å². The minimum atomic E-state index is -2.65. The van der Waals surface area contributed by atoms with Gasteiger partial charge in [-0.25, -0.2) is 9.78 Å². The minimum Gasteiger partial charge on any atom is -0.456 e. The van der Waals surface area contributed by atoms with Crippen LogP contribution in [0.2, 0.25) is 0 Å². The number of hydrogen-bond donors (Lipinski definition) is 0. The van der Waals surface area contributed by atoms with Crippen molar-refractivity contribution in [2.45, 2.75) is 10.8 Å². The fourth-order valence-corrected chi connectivity index (χ4v) is 1.57. The largest absolute Gasteiger partial charge is 0.456 e. The van der Waals surface area contributed by atoms with Gasteiger partial charge in [-0.2, -0.15) is 8.78 Å². The number of esters is 1. The van der Waals surface area contributed by atoms with Gasteiger partial charge in [-0.1, -0.05) is 18.2 Å². The number of ether oxygens (including phenoxy) is 1. The molecule has 7 heteroatoms. The second-order valence-electron chi connectivity index (χ2n) is 2.83. The van der Waals surface area contributed by atoms with Crippen LogP contribution in [0.3, 0.4) is 0 Å². The van der Waals surface area contributed by atoms with Crippen molar-refractivity contribution in [3.05, 3.63) is 35.5 Å². The molecule has 92 valence electrons. The standard InChI is InChI=1S/C10H8ClF2NO2S/c1-6(11)5-16-9(15)7-3-2-4-14-8(7)17-10(12)13/h2-4,10H,1,5H2. The third-order valence-corrected chi connectivity index (χ3v) is 2.39. The summed E-state index contributed by atoms with van der Waals surface area (Å²) in [6.45, 7) is 3.17. The van der Waals surface area contributed by atoms with Crippen LogP contribution in [0.4, 0.5) is 8.78 Å². The Morgan fingerprint density at radius 1 is 1.65 bits per heavy atom. The SMILES string of the molecule is C=C(Cl)COC(=O)c1cccnc1SC(F)F.